The second-order valence-electron chi connectivity index (χ2n) is 5.13. The zero-order valence-corrected chi connectivity index (χ0v) is 12.0. The zero-order valence-electron chi connectivity index (χ0n) is 12.0. The van der Waals surface area contributed by atoms with Crippen molar-refractivity contribution in [2.24, 2.45) is 5.92 Å². The molecule has 0 saturated carbocycles. The molecule has 0 fully saturated rings. The van der Waals surface area contributed by atoms with Crippen molar-refractivity contribution in [3.05, 3.63) is 35.4 Å². The Labute approximate surface area is 120 Å². The first-order chi connectivity index (χ1) is 9.56. The van der Waals surface area contributed by atoms with Crippen LogP contribution >= 0.6 is 0 Å². The van der Waals surface area contributed by atoms with E-state index in [0.717, 1.165) is 5.56 Å². The van der Waals surface area contributed by atoms with E-state index < -0.39 is 0 Å². The normalized spacial score (nSPS) is 9.85. The molecule has 0 spiro atoms. The standard InChI is InChI=1S/C16H19N3O/c1-13(2)12-19(9-3-8-17)16(20)10-14-4-6-15(11-18)7-5-14/h4-7,13H,3,9-10,12H2,1-2H3. The molecule has 4 nitrogen and oxygen atoms in total. The third-order valence-electron chi connectivity index (χ3n) is 2.87. The van der Waals surface area contributed by atoms with Gasteiger partial charge in [-0.05, 0) is 23.6 Å². The molecule has 1 aromatic rings. The molecule has 0 aliphatic carbocycles. The quantitative estimate of drug-likeness (QED) is 0.796. The van der Waals surface area contributed by atoms with E-state index >= 15 is 0 Å². The summed E-state index contributed by atoms with van der Waals surface area (Å²) < 4.78 is 0. The lowest BCUT2D eigenvalue weighted by molar-refractivity contribution is -0.130. The molecule has 0 radical (unpaired) electrons. The van der Waals surface area contributed by atoms with Crippen LogP contribution < -0.4 is 0 Å². The zero-order chi connectivity index (χ0) is 15.0. The van der Waals surface area contributed by atoms with E-state index in [4.69, 9.17) is 10.5 Å². The molecule has 104 valence electrons. The molecule has 1 rings (SSSR count). The highest BCUT2D eigenvalue weighted by atomic mass is 16.2. The van der Waals surface area contributed by atoms with Crippen LogP contribution in [0.4, 0.5) is 0 Å². The Morgan fingerprint density at radius 2 is 1.90 bits per heavy atom. The Morgan fingerprint density at radius 3 is 2.40 bits per heavy atom. The summed E-state index contributed by atoms with van der Waals surface area (Å²) in [7, 11) is 0. The van der Waals surface area contributed by atoms with Gasteiger partial charge in [-0.15, -0.1) is 0 Å². The Balaban J connectivity index is 2.69. The van der Waals surface area contributed by atoms with Gasteiger partial charge in [0.05, 0.1) is 30.5 Å². The second-order valence-corrected chi connectivity index (χ2v) is 5.13. The van der Waals surface area contributed by atoms with Crippen molar-refractivity contribution in [2.45, 2.75) is 26.7 Å². The number of benzene rings is 1. The number of carbonyl (C=O) groups excluding carboxylic acids is 1. The lowest BCUT2D eigenvalue weighted by Crippen LogP contribution is -2.36. The first-order valence-electron chi connectivity index (χ1n) is 6.70. The Kier molecular flexibility index (Phi) is 6.26. The van der Waals surface area contributed by atoms with Crippen molar-refractivity contribution in [1.82, 2.24) is 4.90 Å². The first-order valence-corrected chi connectivity index (χ1v) is 6.70. The van der Waals surface area contributed by atoms with Crippen LogP contribution in [0.25, 0.3) is 0 Å². The maximum absolute atomic E-state index is 12.3. The minimum absolute atomic E-state index is 0.0265. The van der Waals surface area contributed by atoms with Gasteiger partial charge in [0.1, 0.15) is 0 Å². The largest absolute Gasteiger partial charge is 0.341 e. The van der Waals surface area contributed by atoms with E-state index in [9.17, 15) is 4.79 Å². The van der Waals surface area contributed by atoms with Crippen molar-refractivity contribution < 1.29 is 4.79 Å². The second kappa shape index (κ2) is 7.96. The summed E-state index contributed by atoms with van der Waals surface area (Å²) in [5.74, 6) is 0.400. The SMILES string of the molecule is CC(C)CN(CCC#N)C(=O)Cc1ccc(C#N)cc1. The number of hydrogen-bond donors (Lipinski definition) is 0. The Bertz CT molecular complexity index is 520. The van der Waals surface area contributed by atoms with E-state index in [-0.39, 0.29) is 5.91 Å². The average molecular weight is 269 g/mol. The molecule has 20 heavy (non-hydrogen) atoms. The van der Waals surface area contributed by atoms with Gasteiger partial charge < -0.3 is 4.90 Å². The predicted molar refractivity (Wildman–Crippen MR) is 76.5 cm³/mol. The predicted octanol–water partition coefficient (Wildman–Crippen LogP) is 2.50. The molecule has 0 aliphatic heterocycles. The molecule has 4 heteroatoms. The highest BCUT2D eigenvalue weighted by Crippen LogP contribution is 2.08. The van der Waals surface area contributed by atoms with E-state index in [1.165, 1.54) is 0 Å². The van der Waals surface area contributed by atoms with Gasteiger partial charge in [0, 0.05) is 13.1 Å². The van der Waals surface area contributed by atoms with Gasteiger partial charge >= 0.3 is 0 Å². The van der Waals surface area contributed by atoms with Gasteiger partial charge in [-0.25, -0.2) is 0 Å². The maximum atomic E-state index is 12.3. The summed E-state index contributed by atoms with van der Waals surface area (Å²) in [6, 6.07) is 11.2. The third-order valence-corrected chi connectivity index (χ3v) is 2.87. The van der Waals surface area contributed by atoms with Crippen molar-refractivity contribution in [3.63, 3.8) is 0 Å². The van der Waals surface area contributed by atoms with Crippen LogP contribution in [-0.4, -0.2) is 23.9 Å². The molecule has 0 aliphatic rings. The molecule has 1 aromatic carbocycles. The number of amides is 1. The van der Waals surface area contributed by atoms with Gasteiger partial charge in [0.15, 0.2) is 0 Å². The smallest absolute Gasteiger partial charge is 0.227 e. The first kappa shape index (κ1) is 15.7. The van der Waals surface area contributed by atoms with E-state index in [1.54, 1.807) is 29.2 Å². The van der Waals surface area contributed by atoms with E-state index in [0.29, 0.717) is 37.4 Å². The molecule has 0 aromatic heterocycles. The fourth-order valence-corrected chi connectivity index (χ4v) is 1.93. The molecule has 1 amide bonds. The molecule has 0 N–H and O–H groups in total. The van der Waals surface area contributed by atoms with Gasteiger partial charge in [-0.1, -0.05) is 26.0 Å². The van der Waals surface area contributed by atoms with Crippen molar-refractivity contribution in [2.75, 3.05) is 13.1 Å². The summed E-state index contributed by atoms with van der Waals surface area (Å²) >= 11 is 0. The minimum Gasteiger partial charge on any atom is -0.341 e. The van der Waals surface area contributed by atoms with E-state index in [1.807, 2.05) is 13.8 Å². The lowest BCUT2D eigenvalue weighted by Gasteiger charge is -2.23. The van der Waals surface area contributed by atoms with Gasteiger partial charge in [0.25, 0.3) is 0 Å². The molecule has 0 saturated heterocycles. The summed E-state index contributed by atoms with van der Waals surface area (Å²) in [6.07, 6.45) is 0.662. The number of nitrogens with zero attached hydrogens (tertiary/aromatic N) is 3. The number of carbonyl (C=O) groups is 1. The van der Waals surface area contributed by atoms with Crippen molar-refractivity contribution in [3.8, 4) is 12.1 Å². The molecule has 0 heterocycles. The summed E-state index contributed by atoms with van der Waals surface area (Å²) in [6.45, 7) is 5.24. The lowest BCUT2D eigenvalue weighted by atomic mass is 10.1. The fraction of sp³-hybridized carbons (Fsp3) is 0.438. The maximum Gasteiger partial charge on any atom is 0.227 e. The van der Waals surface area contributed by atoms with Crippen molar-refractivity contribution in [1.29, 1.82) is 10.5 Å². The van der Waals surface area contributed by atoms with Crippen LogP contribution in [0, 0.1) is 28.6 Å². The third kappa shape index (κ3) is 5.12. The molecular weight excluding hydrogens is 250 g/mol. The van der Waals surface area contributed by atoms with Gasteiger partial charge in [-0.3, -0.25) is 4.79 Å². The molecular formula is C16H19N3O. The molecule has 0 bridgehead atoms. The summed E-state index contributed by atoms with van der Waals surface area (Å²) in [5, 5.41) is 17.4. The monoisotopic (exact) mass is 269 g/mol. The van der Waals surface area contributed by atoms with Gasteiger partial charge in [-0.2, -0.15) is 10.5 Å². The summed E-state index contributed by atoms with van der Waals surface area (Å²) in [4.78, 5) is 14.0. The Morgan fingerprint density at radius 1 is 1.25 bits per heavy atom. The Hall–Kier alpha value is -2.33. The molecule has 0 unspecified atom stereocenters. The van der Waals surface area contributed by atoms with Crippen LogP contribution in [0.1, 0.15) is 31.4 Å². The van der Waals surface area contributed by atoms with Crippen LogP contribution in [0.3, 0.4) is 0 Å². The van der Waals surface area contributed by atoms with Gasteiger partial charge in [0.2, 0.25) is 5.91 Å². The number of nitriles is 2. The van der Waals surface area contributed by atoms with Crippen LogP contribution in [0.2, 0.25) is 0 Å². The van der Waals surface area contributed by atoms with Crippen molar-refractivity contribution >= 4 is 5.91 Å². The van der Waals surface area contributed by atoms with Crippen LogP contribution in [0.5, 0.6) is 0 Å². The van der Waals surface area contributed by atoms with E-state index in [2.05, 4.69) is 12.1 Å². The minimum atomic E-state index is 0.0265. The number of rotatable bonds is 6. The van der Waals surface area contributed by atoms with Crippen LogP contribution in [-0.2, 0) is 11.2 Å². The highest BCUT2D eigenvalue weighted by Gasteiger charge is 2.15. The molecule has 0 atom stereocenters. The fourth-order valence-electron chi connectivity index (χ4n) is 1.93. The summed E-state index contributed by atoms with van der Waals surface area (Å²) in [5.41, 5.74) is 1.48. The van der Waals surface area contributed by atoms with Crippen LogP contribution in [0.15, 0.2) is 24.3 Å². The number of hydrogen-bond acceptors (Lipinski definition) is 3. The highest BCUT2D eigenvalue weighted by molar-refractivity contribution is 5.78. The topological polar surface area (TPSA) is 67.9 Å². The average Bonchev–Trinajstić information content (AvgIpc) is 2.43.